The van der Waals surface area contributed by atoms with Crippen molar-refractivity contribution < 1.29 is 19.4 Å². The molecule has 3 rings (SSSR count). The van der Waals surface area contributed by atoms with Crippen LogP contribution >= 0.6 is 24.0 Å². The van der Waals surface area contributed by atoms with E-state index in [4.69, 9.17) is 22.1 Å². The molecule has 1 amide bonds. The van der Waals surface area contributed by atoms with Crippen molar-refractivity contribution in [2.24, 2.45) is 0 Å². The molecule has 1 heterocycles. The Bertz CT molecular complexity index is 860. The first-order valence-corrected chi connectivity index (χ1v) is 7.88. The molecular weight excluding hydrogens is 334 g/mol. The monoisotopic (exact) mass is 345 g/mol. The van der Waals surface area contributed by atoms with Gasteiger partial charge in [-0.15, -0.1) is 0 Å². The minimum atomic E-state index is -1.06. The first kappa shape index (κ1) is 15.5. The van der Waals surface area contributed by atoms with Crippen LogP contribution in [0.3, 0.4) is 0 Å². The van der Waals surface area contributed by atoms with Crippen LogP contribution in [-0.2, 0) is 9.59 Å². The van der Waals surface area contributed by atoms with E-state index in [-0.39, 0.29) is 5.91 Å². The van der Waals surface area contributed by atoms with Crippen LogP contribution in [0.5, 0.6) is 5.75 Å². The number of nitrogens with one attached hydrogen (secondary N) is 1. The average molecular weight is 345 g/mol. The zero-order valence-electron chi connectivity index (χ0n) is 11.7. The highest BCUT2D eigenvalue weighted by molar-refractivity contribution is 8.26. The van der Waals surface area contributed by atoms with Gasteiger partial charge < -0.3 is 15.2 Å². The number of carbonyl (C=O) groups is 2. The van der Waals surface area contributed by atoms with Crippen LogP contribution in [-0.4, -0.2) is 27.9 Å². The number of carboxylic acid groups (broad SMARTS) is 1. The lowest BCUT2D eigenvalue weighted by Crippen LogP contribution is -2.17. The van der Waals surface area contributed by atoms with Crippen LogP contribution in [0.2, 0.25) is 0 Å². The van der Waals surface area contributed by atoms with Crippen molar-refractivity contribution in [2.75, 3.05) is 6.61 Å². The number of carbonyl (C=O) groups excluding carboxylic acids is 1. The Morgan fingerprint density at radius 1 is 1.30 bits per heavy atom. The van der Waals surface area contributed by atoms with Crippen LogP contribution in [0.4, 0.5) is 0 Å². The van der Waals surface area contributed by atoms with Gasteiger partial charge in [0, 0.05) is 5.56 Å². The number of thiocarbonyl (C=S) groups is 1. The molecule has 2 aromatic rings. The Morgan fingerprint density at radius 3 is 2.78 bits per heavy atom. The predicted octanol–water partition coefficient (Wildman–Crippen LogP) is 2.79. The SMILES string of the molecule is O=C(O)COc1ccc2ccccc2c1/C=C1/SC(=S)NC1=O. The standard InChI is InChI=1S/C16H11NO4S2/c18-14(19)8-21-12-6-5-9-3-1-2-4-10(9)11(12)7-13-15(20)17-16(22)23-13/h1-7H,8H2,(H,18,19)(H,17,20,22)/b13-7+. The summed E-state index contributed by atoms with van der Waals surface area (Å²) in [5.74, 6) is -0.923. The molecule has 0 aromatic heterocycles. The van der Waals surface area contributed by atoms with E-state index in [9.17, 15) is 9.59 Å². The third-order valence-corrected chi connectivity index (χ3v) is 4.36. The number of hydrogen-bond acceptors (Lipinski definition) is 5. The molecule has 0 radical (unpaired) electrons. The molecule has 0 unspecified atom stereocenters. The summed E-state index contributed by atoms with van der Waals surface area (Å²) in [7, 11) is 0. The van der Waals surface area contributed by atoms with E-state index in [1.807, 2.05) is 30.3 Å². The summed E-state index contributed by atoms with van der Waals surface area (Å²) in [5, 5.41) is 13.2. The number of benzene rings is 2. The summed E-state index contributed by atoms with van der Waals surface area (Å²) in [5.41, 5.74) is 0.659. The molecule has 5 nitrogen and oxygen atoms in total. The van der Waals surface area contributed by atoms with Gasteiger partial charge in [0.1, 0.15) is 10.1 Å². The molecule has 0 atom stereocenters. The normalized spacial score (nSPS) is 15.9. The highest BCUT2D eigenvalue weighted by atomic mass is 32.2. The summed E-state index contributed by atoms with van der Waals surface area (Å²) in [4.78, 5) is 23.1. The number of thioether (sulfide) groups is 1. The molecule has 7 heteroatoms. The van der Waals surface area contributed by atoms with Crippen molar-refractivity contribution in [1.82, 2.24) is 5.32 Å². The highest BCUT2D eigenvalue weighted by Crippen LogP contribution is 2.34. The van der Waals surface area contributed by atoms with E-state index >= 15 is 0 Å². The lowest BCUT2D eigenvalue weighted by molar-refractivity contribution is -0.139. The first-order valence-electron chi connectivity index (χ1n) is 6.66. The maximum absolute atomic E-state index is 11.9. The summed E-state index contributed by atoms with van der Waals surface area (Å²) in [6.07, 6.45) is 1.68. The van der Waals surface area contributed by atoms with E-state index in [0.717, 1.165) is 10.8 Å². The third kappa shape index (κ3) is 3.35. The molecule has 116 valence electrons. The molecule has 0 spiro atoms. The summed E-state index contributed by atoms with van der Waals surface area (Å²) >= 11 is 6.15. The van der Waals surface area contributed by atoms with E-state index in [1.165, 1.54) is 11.8 Å². The van der Waals surface area contributed by atoms with Crippen LogP contribution in [0, 0.1) is 0 Å². The zero-order valence-corrected chi connectivity index (χ0v) is 13.4. The second-order valence-corrected chi connectivity index (χ2v) is 6.45. The van der Waals surface area contributed by atoms with Crippen molar-refractivity contribution in [1.29, 1.82) is 0 Å². The van der Waals surface area contributed by atoms with Gasteiger partial charge in [-0.05, 0) is 22.9 Å². The van der Waals surface area contributed by atoms with Gasteiger partial charge in [0.05, 0.1) is 4.91 Å². The largest absolute Gasteiger partial charge is 0.481 e. The maximum Gasteiger partial charge on any atom is 0.341 e. The Balaban J connectivity index is 2.12. The predicted molar refractivity (Wildman–Crippen MR) is 93.4 cm³/mol. The third-order valence-electron chi connectivity index (χ3n) is 3.20. The zero-order chi connectivity index (χ0) is 16.4. The van der Waals surface area contributed by atoms with E-state index in [2.05, 4.69) is 5.32 Å². The van der Waals surface area contributed by atoms with Crippen molar-refractivity contribution in [3.8, 4) is 5.75 Å². The Kier molecular flexibility index (Phi) is 4.31. The fourth-order valence-electron chi connectivity index (χ4n) is 2.24. The fourth-order valence-corrected chi connectivity index (χ4v) is 3.27. The molecule has 0 saturated carbocycles. The minimum absolute atomic E-state index is 0.267. The molecule has 2 aromatic carbocycles. The van der Waals surface area contributed by atoms with Crippen LogP contribution in [0.1, 0.15) is 5.56 Å². The Labute approximate surface area is 141 Å². The van der Waals surface area contributed by atoms with E-state index in [0.29, 0.717) is 20.5 Å². The highest BCUT2D eigenvalue weighted by Gasteiger charge is 2.23. The molecular formula is C16H11NO4S2. The molecule has 0 bridgehead atoms. The van der Waals surface area contributed by atoms with Crippen molar-refractivity contribution in [3.63, 3.8) is 0 Å². The smallest absolute Gasteiger partial charge is 0.341 e. The molecule has 1 aliphatic rings. The van der Waals surface area contributed by atoms with Crippen LogP contribution in [0.15, 0.2) is 41.3 Å². The molecule has 1 fully saturated rings. The second kappa shape index (κ2) is 6.39. The van der Waals surface area contributed by atoms with Crippen molar-refractivity contribution in [3.05, 3.63) is 46.9 Å². The van der Waals surface area contributed by atoms with E-state index in [1.54, 1.807) is 12.1 Å². The number of carboxylic acids is 1. The van der Waals surface area contributed by atoms with Crippen molar-refractivity contribution in [2.45, 2.75) is 0 Å². The number of fused-ring (bicyclic) bond motifs is 1. The number of amides is 1. The van der Waals surface area contributed by atoms with Crippen LogP contribution in [0.25, 0.3) is 16.8 Å². The lowest BCUT2D eigenvalue weighted by atomic mass is 10.0. The van der Waals surface area contributed by atoms with Gasteiger partial charge in [0.15, 0.2) is 6.61 Å². The topological polar surface area (TPSA) is 75.6 Å². The van der Waals surface area contributed by atoms with Gasteiger partial charge in [-0.3, -0.25) is 4.79 Å². The van der Waals surface area contributed by atoms with Gasteiger partial charge in [0.25, 0.3) is 5.91 Å². The molecule has 1 saturated heterocycles. The van der Waals surface area contributed by atoms with Gasteiger partial charge in [0.2, 0.25) is 0 Å². The second-order valence-electron chi connectivity index (χ2n) is 4.73. The van der Waals surface area contributed by atoms with Gasteiger partial charge in [-0.25, -0.2) is 4.79 Å². The van der Waals surface area contributed by atoms with Gasteiger partial charge in [-0.2, -0.15) is 0 Å². The van der Waals surface area contributed by atoms with Crippen LogP contribution < -0.4 is 10.1 Å². The quantitative estimate of drug-likeness (QED) is 0.656. The van der Waals surface area contributed by atoms with Crippen molar-refractivity contribution >= 4 is 57.0 Å². The maximum atomic E-state index is 11.9. The van der Waals surface area contributed by atoms with Gasteiger partial charge >= 0.3 is 5.97 Å². The number of ether oxygens (including phenoxy) is 1. The summed E-state index contributed by atoms with van der Waals surface area (Å²) in [6.45, 7) is -0.452. The number of aliphatic carboxylic acids is 1. The molecule has 0 aliphatic carbocycles. The molecule has 23 heavy (non-hydrogen) atoms. The lowest BCUT2D eigenvalue weighted by Gasteiger charge is -2.11. The Hall–Kier alpha value is -2.38. The first-order chi connectivity index (χ1) is 11.0. The number of hydrogen-bond donors (Lipinski definition) is 2. The number of rotatable bonds is 4. The fraction of sp³-hybridized carbons (Fsp3) is 0.0625. The molecule has 2 N–H and O–H groups in total. The summed E-state index contributed by atoms with van der Waals surface area (Å²) in [6, 6.07) is 11.2. The average Bonchev–Trinajstić information content (AvgIpc) is 2.84. The Morgan fingerprint density at radius 2 is 2.09 bits per heavy atom. The molecule has 1 aliphatic heterocycles. The summed E-state index contributed by atoms with van der Waals surface area (Å²) < 4.78 is 5.76. The van der Waals surface area contributed by atoms with Gasteiger partial charge in [-0.1, -0.05) is 54.3 Å². The minimum Gasteiger partial charge on any atom is -0.481 e. The van der Waals surface area contributed by atoms with E-state index < -0.39 is 12.6 Å².